The first-order chi connectivity index (χ1) is 7.29. The second-order valence-electron chi connectivity index (χ2n) is 3.04. The third-order valence-corrected chi connectivity index (χ3v) is 1.88. The van der Waals surface area contributed by atoms with E-state index in [4.69, 9.17) is 0 Å². The largest absolute Gasteiger partial charge is 0.373 e. The molecule has 5 heteroatoms. The Morgan fingerprint density at radius 2 is 1.80 bits per heavy atom. The zero-order chi connectivity index (χ0) is 10.7. The molecule has 0 aliphatic rings. The van der Waals surface area contributed by atoms with Crippen LogP contribution in [0.1, 0.15) is 5.69 Å². The van der Waals surface area contributed by atoms with Gasteiger partial charge in [-0.3, -0.25) is 0 Å². The SMILES string of the molecule is CNc1cc(C)nc(-c2ncccn2)n1. The van der Waals surface area contributed by atoms with Crippen LogP contribution in [0.15, 0.2) is 24.5 Å². The van der Waals surface area contributed by atoms with Crippen molar-refractivity contribution in [2.75, 3.05) is 12.4 Å². The minimum atomic E-state index is 0.540. The Labute approximate surface area is 87.6 Å². The highest BCUT2D eigenvalue weighted by molar-refractivity contribution is 5.48. The normalized spacial score (nSPS) is 10.0. The predicted octanol–water partition coefficient (Wildman–Crippen LogP) is 1.28. The summed E-state index contributed by atoms with van der Waals surface area (Å²) < 4.78 is 0. The molecule has 5 nitrogen and oxygen atoms in total. The van der Waals surface area contributed by atoms with E-state index >= 15 is 0 Å². The summed E-state index contributed by atoms with van der Waals surface area (Å²) in [6, 6.07) is 3.63. The number of nitrogens with zero attached hydrogens (tertiary/aromatic N) is 4. The van der Waals surface area contributed by atoms with Gasteiger partial charge in [-0.25, -0.2) is 19.9 Å². The van der Waals surface area contributed by atoms with Crippen molar-refractivity contribution < 1.29 is 0 Å². The second kappa shape index (κ2) is 4.00. The Bertz CT molecular complexity index is 455. The van der Waals surface area contributed by atoms with Crippen LogP contribution in [-0.2, 0) is 0 Å². The smallest absolute Gasteiger partial charge is 0.199 e. The molecule has 1 N–H and O–H groups in total. The maximum absolute atomic E-state index is 4.28. The molecule has 0 bridgehead atoms. The van der Waals surface area contributed by atoms with Crippen molar-refractivity contribution in [3.05, 3.63) is 30.2 Å². The number of hydrogen-bond acceptors (Lipinski definition) is 5. The van der Waals surface area contributed by atoms with Crippen LogP contribution >= 0.6 is 0 Å². The lowest BCUT2D eigenvalue weighted by atomic mass is 10.4. The van der Waals surface area contributed by atoms with E-state index in [1.165, 1.54) is 0 Å². The number of aromatic nitrogens is 4. The third-order valence-electron chi connectivity index (χ3n) is 1.88. The minimum absolute atomic E-state index is 0.540. The summed E-state index contributed by atoms with van der Waals surface area (Å²) in [4.78, 5) is 16.8. The maximum atomic E-state index is 4.28. The van der Waals surface area contributed by atoms with E-state index in [-0.39, 0.29) is 0 Å². The van der Waals surface area contributed by atoms with Gasteiger partial charge in [0.25, 0.3) is 0 Å². The zero-order valence-electron chi connectivity index (χ0n) is 8.60. The molecule has 15 heavy (non-hydrogen) atoms. The van der Waals surface area contributed by atoms with E-state index < -0.39 is 0 Å². The first-order valence-corrected chi connectivity index (χ1v) is 4.60. The molecule has 0 amide bonds. The molecule has 0 unspecified atom stereocenters. The lowest BCUT2D eigenvalue weighted by molar-refractivity contribution is 1.05. The van der Waals surface area contributed by atoms with Crippen molar-refractivity contribution in [3.8, 4) is 11.6 Å². The first kappa shape index (κ1) is 9.51. The molecule has 2 aromatic heterocycles. The van der Waals surface area contributed by atoms with Gasteiger partial charge in [0.15, 0.2) is 11.6 Å². The van der Waals surface area contributed by atoms with Crippen LogP contribution in [0.5, 0.6) is 0 Å². The van der Waals surface area contributed by atoms with Gasteiger partial charge in [0.2, 0.25) is 0 Å². The van der Waals surface area contributed by atoms with Crippen LogP contribution in [0.2, 0.25) is 0 Å². The molecule has 0 aliphatic heterocycles. The van der Waals surface area contributed by atoms with Crippen LogP contribution in [0, 0.1) is 6.92 Å². The van der Waals surface area contributed by atoms with Gasteiger partial charge in [0, 0.05) is 31.2 Å². The Morgan fingerprint density at radius 1 is 1.07 bits per heavy atom. The number of aryl methyl sites for hydroxylation is 1. The standard InChI is InChI=1S/C10H11N5/c1-7-6-8(11-2)15-10(14-7)9-12-4-3-5-13-9/h3-6H,1-2H3,(H,11,14,15). The number of rotatable bonds is 2. The molecule has 0 atom stereocenters. The molecule has 0 fully saturated rings. The summed E-state index contributed by atoms with van der Waals surface area (Å²) in [6.45, 7) is 1.91. The minimum Gasteiger partial charge on any atom is -0.373 e. The third kappa shape index (κ3) is 2.07. The summed E-state index contributed by atoms with van der Waals surface area (Å²) in [7, 11) is 1.82. The van der Waals surface area contributed by atoms with E-state index in [0.29, 0.717) is 11.6 Å². The fourth-order valence-corrected chi connectivity index (χ4v) is 1.21. The van der Waals surface area contributed by atoms with Gasteiger partial charge in [-0.1, -0.05) is 0 Å². The molecule has 76 valence electrons. The van der Waals surface area contributed by atoms with Gasteiger partial charge in [0.1, 0.15) is 5.82 Å². The average Bonchev–Trinajstić information content (AvgIpc) is 2.29. The van der Waals surface area contributed by atoms with E-state index in [2.05, 4.69) is 25.3 Å². The first-order valence-electron chi connectivity index (χ1n) is 4.60. The molecule has 2 rings (SSSR count). The summed E-state index contributed by atoms with van der Waals surface area (Å²) >= 11 is 0. The van der Waals surface area contributed by atoms with E-state index in [0.717, 1.165) is 11.5 Å². The molecule has 2 heterocycles. The van der Waals surface area contributed by atoms with Crippen LogP contribution in [0.25, 0.3) is 11.6 Å². The molecule has 0 saturated heterocycles. The van der Waals surface area contributed by atoms with E-state index in [1.807, 2.05) is 20.0 Å². The van der Waals surface area contributed by atoms with Gasteiger partial charge < -0.3 is 5.32 Å². The summed E-state index contributed by atoms with van der Waals surface area (Å²) in [5, 5.41) is 2.97. The molecule has 0 saturated carbocycles. The van der Waals surface area contributed by atoms with Crippen LogP contribution in [-0.4, -0.2) is 27.0 Å². The Hall–Kier alpha value is -2.04. The van der Waals surface area contributed by atoms with Gasteiger partial charge >= 0.3 is 0 Å². The number of hydrogen-bond donors (Lipinski definition) is 1. The zero-order valence-corrected chi connectivity index (χ0v) is 8.60. The van der Waals surface area contributed by atoms with Crippen LogP contribution in [0.4, 0.5) is 5.82 Å². The van der Waals surface area contributed by atoms with Crippen LogP contribution in [0.3, 0.4) is 0 Å². The van der Waals surface area contributed by atoms with Crippen molar-refractivity contribution in [1.29, 1.82) is 0 Å². The highest BCUT2D eigenvalue weighted by Crippen LogP contribution is 2.12. The molecule has 0 spiro atoms. The van der Waals surface area contributed by atoms with Gasteiger partial charge in [-0.2, -0.15) is 0 Å². The monoisotopic (exact) mass is 201 g/mol. The maximum Gasteiger partial charge on any atom is 0.199 e. The highest BCUT2D eigenvalue weighted by Gasteiger charge is 2.05. The lowest BCUT2D eigenvalue weighted by Gasteiger charge is -2.03. The summed E-state index contributed by atoms with van der Waals surface area (Å²) in [5.74, 6) is 1.85. The van der Waals surface area contributed by atoms with Crippen molar-refractivity contribution >= 4 is 5.82 Å². The van der Waals surface area contributed by atoms with Crippen molar-refractivity contribution in [3.63, 3.8) is 0 Å². The van der Waals surface area contributed by atoms with Gasteiger partial charge in [-0.15, -0.1) is 0 Å². The summed E-state index contributed by atoms with van der Waals surface area (Å²) in [6.07, 6.45) is 3.35. The fraction of sp³-hybridized carbons (Fsp3) is 0.200. The molecular formula is C10H11N5. The summed E-state index contributed by atoms with van der Waals surface area (Å²) in [5.41, 5.74) is 0.886. The number of anilines is 1. The predicted molar refractivity (Wildman–Crippen MR) is 57.3 cm³/mol. The van der Waals surface area contributed by atoms with E-state index in [9.17, 15) is 0 Å². The topological polar surface area (TPSA) is 63.6 Å². The highest BCUT2D eigenvalue weighted by atomic mass is 15.0. The van der Waals surface area contributed by atoms with Gasteiger partial charge in [0.05, 0.1) is 0 Å². The molecule has 0 aromatic carbocycles. The van der Waals surface area contributed by atoms with Gasteiger partial charge in [-0.05, 0) is 13.0 Å². The lowest BCUT2D eigenvalue weighted by Crippen LogP contribution is -2.00. The molecule has 0 aliphatic carbocycles. The second-order valence-corrected chi connectivity index (χ2v) is 3.04. The Kier molecular flexibility index (Phi) is 2.53. The van der Waals surface area contributed by atoms with Crippen molar-refractivity contribution in [1.82, 2.24) is 19.9 Å². The average molecular weight is 201 g/mol. The van der Waals surface area contributed by atoms with E-state index in [1.54, 1.807) is 18.5 Å². The molecular weight excluding hydrogens is 190 g/mol. The van der Waals surface area contributed by atoms with Crippen molar-refractivity contribution in [2.24, 2.45) is 0 Å². The van der Waals surface area contributed by atoms with Crippen molar-refractivity contribution in [2.45, 2.75) is 6.92 Å². The Morgan fingerprint density at radius 3 is 2.47 bits per heavy atom. The quantitative estimate of drug-likeness (QED) is 0.793. The van der Waals surface area contributed by atoms with Crippen LogP contribution < -0.4 is 5.32 Å². The molecule has 2 aromatic rings. The molecule has 0 radical (unpaired) electrons. The number of nitrogens with one attached hydrogen (secondary N) is 1. The fourth-order valence-electron chi connectivity index (χ4n) is 1.21. The Balaban J connectivity index is 2.49.